The van der Waals surface area contributed by atoms with Crippen LogP contribution in [0, 0.1) is 18.3 Å². The average molecular weight is 424 g/mol. The van der Waals surface area contributed by atoms with E-state index in [4.69, 9.17) is 16.9 Å². The zero-order valence-corrected chi connectivity index (χ0v) is 17.4. The number of benzene rings is 1. The Labute approximate surface area is 178 Å². The van der Waals surface area contributed by atoms with Crippen molar-refractivity contribution in [1.82, 2.24) is 14.9 Å². The third kappa shape index (κ3) is 4.09. The van der Waals surface area contributed by atoms with Gasteiger partial charge in [-0.1, -0.05) is 23.7 Å². The number of nitrogens with zero attached hydrogens (tertiary/aromatic N) is 5. The van der Waals surface area contributed by atoms with Crippen molar-refractivity contribution in [3.05, 3.63) is 63.8 Å². The van der Waals surface area contributed by atoms with Crippen LogP contribution in [0.5, 0.6) is 0 Å². The fourth-order valence-corrected chi connectivity index (χ4v) is 4.42. The fraction of sp³-hybridized carbons (Fsp3) is 0.238. The topological polar surface area (TPSA) is 73.1 Å². The molecule has 0 spiro atoms. The Kier molecular flexibility index (Phi) is 5.47. The molecule has 0 bridgehead atoms. The largest absolute Gasteiger partial charge is 0.353 e. The van der Waals surface area contributed by atoms with E-state index in [1.165, 1.54) is 11.3 Å². The molecular weight excluding hydrogens is 406 g/mol. The van der Waals surface area contributed by atoms with Crippen LogP contribution >= 0.6 is 22.9 Å². The molecule has 6 nitrogen and oxygen atoms in total. The average Bonchev–Trinajstić information content (AvgIpc) is 3.15. The molecule has 3 aromatic rings. The summed E-state index contributed by atoms with van der Waals surface area (Å²) in [6.07, 6.45) is 1.64. The molecule has 0 N–H and O–H groups in total. The smallest absolute Gasteiger partial charge is 0.265 e. The Balaban J connectivity index is 1.46. The Morgan fingerprint density at radius 2 is 1.90 bits per heavy atom. The van der Waals surface area contributed by atoms with Crippen molar-refractivity contribution in [2.75, 3.05) is 31.1 Å². The lowest BCUT2D eigenvalue weighted by Gasteiger charge is -2.35. The highest BCUT2D eigenvalue weighted by molar-refractivity contribution is 7.17. The predicted octanol–water partition coefficient (Wildman–Crippen LogP) is 4.00. The second kappa shape index (κ2) is 8.19. The van der Waals surface area contributed by atoms with Crippen LogP contribution in [0.1, 0.15) is 20.9 Å². The highest BCUT2D eigenvalue weighted by Crippen LogP contribution is 2.30. The van der Waals surface area contributed by atoms with Crippen molar-refractivity contribution in [2.45, 2.75) is 6.92 Å². The molecule has 3 heterocycles. The molecule has 8 heteroatoms. The van der Waals surface area contributed by atoms with Crippen LogP contribution in [-0.2, 0) is 0 Å². The molecule has 1 fully saturated rings. The van der Waals surface area contributed by atoms with Gasteiger partial charge in [-0.15, -0.1) is 11.3 Å². The normalized spacial score (nSPS) is 14.0. The maximum Gasteiger partial charge on any atom is 0.265 e. The third-order valence-electron chi connectivity index (χ3n) is 4.85. The van der Waals surface area contributed by atoms with E-state index in [-0.39, 0.29) is 5.91 Å². The maximum absolute atomic E-state index is 13.1. The Bertz CT molecular complexity index is 1080. The Morgan fingerprint density at radius 3 is 2.59 bits per heavy atom. The van der Waals surface area contributed by atoms with Gasteiger partial charge >= 0.3 is 0 Å². The molecule has 1 aromatic carbocycles. The molecule has 1 aliphatic rings. The number of pyridine rings is 1. The number of aryl methyl sites for hydroxylation is 1. The summed E-state index contributed by atoms with van der Waals surface area (Å²) in [5, 5.41) is 10.6. The second-order valence-electron chi connectivity index (χ2n) is 6.73. The van der Waals surface area contributed by atoms with E-state index in [0.29, 0.717) is 41.6 Å². The van der Waals surface area contributed by atoms with E-state index in [2.05, 4.69) is 20.9 Å². The lowest BCUT2D eigenvalue weighted by Crippen LogP contribution is -2.49. The highest BCUT2D eigenvalue weighted by atomic mass is 35.5. The molecular formula is C21H18ClN5OS. The minimum Gasteiger partial charge on any atom is -0.353 e. The minimum atomic E-state index is 0.0126. The molecule has 1 amide bonds. The highest BCUT2D eigenvalue weighted by Gasteiger charge is 2.26. The first-order chi connectivity index (χ1) is 14.0. The number of nitriles is 1. The number of carbonyl (C=O) groups is 1. The van der Waals surface area contributed by atoms with Gasteiger partial charge in [0.1, 0.15) is 15.7 Å². The summed E-state index contributed by atoms with van der Waals surface area (Å²) >= 11 is 7.37. The molecule has 2 aromatic heterocycles. The second-order valence-corrected chi connectivity index (χ2v) is 8.17. The molecule has 146 valence electrons. The van der Waals surface area contributed by atoms with Crippen molar-refractivity contribution in [3.8, 4) is 16.6 Å². The van der Waals surface area contributed by atoms with Gasteiger partial charge in [-0.2, -0.15) is 5.26 Å². The summed E-state index contributed by atoms with van der Waals surface area (Å²) < 4.78 is 0. The first-order valence-electron chi connectivity index (χ1n) is 9.19. The molecule has 4 rings (SSSR count). The van der Waals surface area contributed by atoms with Crippen molar-refractivity contribution in [2.24, 2.45) is 0 Å². The van der Waals surface area contributed by atoms with E-state index in [1.807, 2.05) is 36.1 Å². The summed E-state index contributed by atoms with van der Waals surface area (Å²) in [5.41, 5.74) is 2.29. The van der Waals surface area contributed by atoms with E-state index in [9.17, 15) is 4.79 Å². The molecule has 0 aliphatic carbocycles. The Morgan fingerprint density at radius 1 is 1.17 bits per heavy atom. The number of rotatable bonds is 3. The van der Waals surface area contributed by atoms with Crippen LogP contribution in [0.4, 0.5) is 5.82 Å². The number of thiazole rings is 1. The van der Waals surface area contributed by atoms with Crippen LogP contribution in [-0.4, -0.2) is 47.0 Å². The monoisotopic (exact) mass is 423 g/mol. The van der Waals surface area contributed by atoms with Gasteiger partial charge < -0.3 is 9.80 Å². The van der Waals surface area contributed by atoms with E-state index >= 15 is 0 Å². The summed E-state index contributed by atoms with van der Waals surface area (Å²) in [7, 11) is 0. The van der Waals surface area contributed by atoms with Crippen molar-refractivity contribution < 1.29 is 4.79 Å². The fourth-order valence-electron chi connectivity index (χ4n) is 3.25. The first-order valence-corrected chi connectivity index (χ1v) is 10.4. The Hall–Kier alpha value is -2.95. The van der Waals surface area contributed by atoms with Gasteiger partial charge in [0.05, 0.1) is 17.3 Å². The molecule has 1 saturated heterocycles. The lowest BCUT2D eigenvalue weighted by molar-refractivity contribution is 0.0750. The summed E-state index contributed by atoms with van der Waals surface area (Å²) in [6, 6.07) is 13.1. The molecule has 29 heavy (non-hydrogen) atoms. The van der Waals surface area contributed by atoms with Crippen LogP contribution in [0.15, 0.2) is 42.6 Å². The van der Waals surface area contributed by atoms with Crippen LogP contribution in [0.2, 0.25) is 5.02 Å². The van der Waals surface area contributed by atoms with E-state index in [0.717, 1.165) is 22.1 Å². The van der Waals surface area contributed by atoms with Gasteiger partial charge in [0.15, 0.2) is 0 Å². The van der Waals surface area contributed by atoms with Gasteiger partial charge in [0.2, 0.25) is 0 Å². The van der Waals surface area contributed by atoms with Crippen molar-refractivity contribution in [3.63, 3.8) is 0 Å². The molecule has 0 saturated carbocycles. The number of hydrogen-bond donors (Lipinski definition) is 0. The van der Waals surface area contributed by atoms with Gasteiger partial charge in [0, 0.05) is 43.0 Å². The zero-order valence-electron chi connectivity index (χ0n) is 15.8. The van der Waals surface area contributed by atoms with Gasteiger partial charge in [-0.25, -0.2) is 9.97 Å². The van der Waals surface area contributed by atoms with Crippen LogP contribution in [0.25, 0.3) is 10.6 Å². The number of piperazine rings is 1. The van der Waals surface area contributed by atoms with E-state index in [1.54, 1.807) is 18.3 Å². The van der Waals surface area contributed by atoms with E-state index < -0.39 is 0 Å². The quantitative estimate of drug-likeness (QED) is 0.636. The summed E-state index contributed by atoms with van der Waals surface area (Å²) in [5.74, 6) is 0.786. The lowest BCUT2D eigenvalue weighted by atomic mass is 10.2. The SMILES string of the molecule is Cc1nc(-c2ccc(Cl)cc2)sc1C(=O)N1CCN(c2cc(C#N)ccn2)CC1. The van der Waals surface area contributed by atoms with Crippen molar-refractivity contribution >= 4 is 34.7 Å². The molecule has 0 unspecified atom stereocenters. The number of anilines is 1. The first kappa shape index (κ1) is 19.4. The summed E-state index contributed by atoms with van der Waals surface area (Å²) in [6.45, 7) is 4.43. The number of halogens is 1. The van der Waals surface area contributed by atoms with Gasteiger partial charge in [0.25, 0.3) is 5.91 Å². The van der Waals surface area contributed by atoms with Crippen LogP contribution in [0.3, 0.4) is 0 Å². The zero-order chi connectivity index (χ0) is 20.4. The molecule has 0 atom stereocenters. The molecule has 1 aliphatic heterocycles. The maximum atomic E-state index is 13.1. The number of aromatic nitrogens is 2. The number of carbonyl (C=O) groups excluding carboxylic acids is 1. The van der Waals surface area contributed by atoms with Gasteiger partial charge in [-0.05, 0) is 31.2 Å². The van der Waals surface area contributed by atoms with Gasteiger partial charge in [-0.3, -0.25) is 4.79 Å². The summed E-state index contributed by atoms with van der Waals surface area (Å²) in [4.78, 5) is 26.6. The number of hydrogen-bond acceptors (Lipinski definition) is 6. The van der Waals surface area contributed by atoms with Crippen molar-refractivity contribution in [1.29, 1.82) is 5.26 Å². The third-order valence-corrected chi connectivity index (χ3v) is 6.29. The van der Waals surface area contributed by atoms with Crippen LogP contribution < -0.4 is 4.90 Å². The number of amides is 1. The predicted molar refractivity (Wildman–Crippen MR) is 114 cm³/mol. The minimum absolute atomic E-state index is 0.0126. The molecule has 0 radical (unpaired) electrons. The standard InChI is InChI=1S/C21H18ClN5OS/c1-14-19(29-20(25-14)16-2-4-17(22)5-3-16)21(28)27-10-8-26(9-11-27)18-12-15(13-23)6-7-24-18/h2-7,12H,8-11H2,1H3.